The Labute approximate surface area is 104 Å². The first-order valence-corrected chi connectivity index (χ1v) is 5.29. The fourth-order valence-electron chi connectivity index (χ4n) is 1.73. The second-order valence-electron chi connectivity index (χ2n) is 3.68. The number of aryl methyl sites for hydroxylation is 1. The summed E-state index contributed by atoms with van der Waals surface area (Å²) in [6.45, 7) is 1.85. The molecule has 0 aliphatic carbocycles. The van der Waals surface area contributed by atoms with Crippen LogP contribution in [0, 0.1) is 6.92 Å². The van der Waals surface area contributed by atoms with E-state index in [0.29, 0.717) is 22.7 Å². The Morgan fingerprint density at radius 2 is 2.17 bits per heavy atom. The van der Waals surface area contributed by atoms with Crippen molar-refractivity contribution in [3.8, 4) is 17.1 Å². The maximum atomic E-state index is 11.7. The largest absolute Gasteiger partial charge is 0.480 e. The van der Waals surface area contributed by atoms with Gasteiger partial charge in [-0.25, -0.2) is 14.8 Å². The van der Waals surface area contributed by atoms with Gasteiger partial charge >= 0.3 is 5.97 Å². The van der Waals surface area contributed by atoms with Crippen molar-refractivity contribution in [2.45, 2.75) is 6.92 Å². The second-order valence-corrected chi connectivity index (χ2v) is 3.68. The smallest absolute Gasteiger partial charge is 0.340 e. The van der Waals surface area contributed by atoms with E-state index in [2.05, 4.69) is 15.0 Å². The number of rotatable bonds is 3. The summed E-state index contributed by atoms with van der Waals surface area (Å²) in [5, 5.41) is 0. The predicted molar refractivity (Wildman–Crippen MR) is 64.4 cm³/mol. The molecule has 18 heavy (non-hydrogen) atoms. The number of esters is 1. The van der Waals surface area contributed by atoms with Gasteiger partial charge in [-0.15, -0.1) is 0 Å². The maximum Gasteiger partial charge on any atom is 0.340 e. The Morgan fingerprint density at radius 3 is 2.83 bits per heavy atom. The van der Waals surface area contributed by atoms with Gasteiger partial charge < -0.3 is 14.5 Å². The van der Waals surface area contributed by atoms with Gasteiger partial charge in [-0.1, -0.05) is 0 Å². The van der Waals surface area contributed by atoms with Crippen LogP contribution < -0.4 is 4.74 Å². The lowest BCUT2D eigenvalue weighted by atomic mass is 10.1. The highest BCUT2D eigenvalue weighted by atomic mass is 16.5. The third kappa shape index (κ3) is 2.04. The molecule has 2 aromatic heterocycles. The van der Waals surface area contributed by atoms with E-state index >= 15 is 0 Å². The Bertz CT molecular complexity index is 578. The van der Waals surface area contributed by atoms with E-state index in [1.54, 1.807) is 12.3 Å². The fourth-order valence-corrected chi connectivity index (χ4v) is 1.73. The molecule has 1 N–H and O–H groups in total. The number of aromatic amines is 1. The second kappa shape index (κ2) is 4.87. The summed E-state index contributed by atoms with van der Waals surface area (Å²) in [6.07, 6.45) is 2.97. The number of nitrogens with zero attached hydrogens (tertiary/aromatic N) is 2. The molecule has 0 fully saturated rings. The zero-order valence-corrected chi connectivity index (χ0v) is 10.4. The average molecular weight is 247 g/mol. The van der Waals surface area contributed by atoms with Crippen molar-refractivity contribution < 1.29 is 14.3 Å². The molecule has 0 saturated carbocycles. The molecule has 2 rings (SSSR count). The summed E-state index contributed by atoms with van der Waals surface area (Å²) < 4.78 is 9.90. The highest BCUT2D eigenvalue weighted by Gasteiger charge is 2.19. The van der Waals surface area contributed by atoms with Gasteiger partial charge in [0, 0.05) is 11.9 Å². The molecule has 0 amide bonds. The van der Waals surface area contributed by atoms with Gasteiger partial charge in [0.1, 0.15) is 6.33 Å². The van der Waals surface area contributed by atoms with Gasteiger partial charge in [0.05, 0.1) is 31.0 Å². The molecular formula is C12H13N3O3. The molecule has 0 aromatic carbocycles. The lowest BCUT2D eigenvalue weighted by Crippen LogP contribution is -2.02. The van der Waals surface area contributed by atoms with Crippen LogP contribution in [-0.4, -0.2) is 35.1 Å². The molecular weight excluding hydrogens is 234 g/mol. The summed E-state index contributed by atoms with van der Waals surface area (Å²) >= 11 is 0. The van der Waals surface area contributed by atoms with Crippen LogP contribution in [0.3, 0.4) is 0 Å². The number of nitrogens with one attached hydrogen (secondary N) is 1. The van der Waals surface area contributed by atoms with Gasteiger partial charge in [0.25, 0.3) is 0 Å². The Morgan fingerprint density at radius 1 is 1.39 bits per heavy atom. The monoisotopic (exact) mass is 247 g/mol. The molecule has 0 spiro atoms. The summed E-state index contributed by atoms with van der Waals surface area (Å²) in [5.74, 6) is -0.0164. The summed E-state index contributed by atoms with van der Waals surface area (Å²) in [5.41, 5.74) is 2.49. The quantitative estimate of drug-likeness (QED) is 0.833. The van der Waals surface area contributed by atoms with E-state index in [1.807, 2.05) is 6.92 Å². The van der Waals surface area contributed by atoms with Crippen molar-refractivity contribution in [2.75, 3.05) is 14.2 Å². The van der Waals surface area contributed by atoms with Gasteiger partial charge in [0.15, 0.2) is 0 Å². The van der Waals surface area contributed by atoms with Crippen LogP contribution in [0.2, 0.25) is 0 Å². The van der Waals surface area contributed by atoms with Crippen LogP contribution >= 0.6 is 0 Å². The molecule has 0 aliphatic heterocycles. The molecule has 6 nitrogen and oxygen atoms in total. The third-order valence-electron chi connectivity index (χ3n) is 2.50. The zero-order valence-electron chi connectivity index (χ0n) is 10.4. The van der Waals surface area contributed by atoms with E-state index in [-0.39, 0.29) is 0 Å². The van der Waals surface area contributed by atoms with Crippen LogP contribution in [-0.2, 0) is 4.74 Å². The van der Waals surface area contributed by atoms with E-state index in [1.165, 1.54) is 20.5 Å². The first-order valence-electron chi connectivity index (χ1n) is 5.29. The molecule has 0 radical (unpaired) electrons. The predicted octanol–water partition coefficient (Wildman–Crippen LogP) is 1.58. The molecule has 94 valence electrons. The first kappa shape index (κ1) is 12.1. The minimum Gasteiger partial charge on any atom is -0.480 e. The third-order valence-corrected chi connectivity index (χ3v) is 2.50. The minimum absolute atomic E-state index is 0.400. The summed E-state index contributed by atoms with van der Waals surface area (Å²) in [7, 11) is 2.85. The number of ether oxygens (including phenoxy) is 2. The van der Waals surface area contributed by atoms with Crippen LogP contribution in [0.4, 0.5) is 0 Å². The minimum atomic E-state index is -0.416. The van der Waals surface area contributed by atoms with Crippen molar-refractivity contribution in [1.82, 2.24) is 15.0 Å². The standard InChI is InChI=1S/C12H13N3O3/c1-7-4-8(12(16)18-3)10(15-7)9-5-13-6-14-11(9)17-2/h4-6,15H,1-3H3. The zero-order chi connectivity index (χ0) is 13.1. The van der Waals surface area contributed by atoms with Gasteiger partial charge in [-0.3, -0.25) is 0 Å². The summed E-state index contributed by atoms with van der Waals surface area (Å²) in [4.78, 5) is 22.7. The van der Waals surface area contributed by atoms with E-state index in [4.69, 9.17) is 9.47 Å². The van der Waals surface area contributed by atoms with E-state index < -0.39 is 5.97 Å². The highest BCUT2D eigenvalue weighted by molar-refractivity contribution is 5.97. The molecule has 0 bridgehead atoms. The number of hydrogen-bond donors (Lipinski definition) is 1. The number of hydrogen-bond acceptors (Lipinski definition) is 5. The van der Waals surface area contributed by atoms with Gasteiger partial charge in [0.2, 0.25) is 5.88 Å². The number of methoxy groups -OCH3 is 2. The Kier molecular flexibility index (Phi) is 3.27. The number of carbonyl (C=O) groups excluding carboxylic acids is 1. The number of aromatic nitrogens is 3. The topological polar surface area (TPSA) is 77.1 Å². The average Bonchev–Trinajstić information content (AvgIpc) is 2.79. The van der Waals surface area contributed by atoms with Crippen molar-refractivity contribution in [1.29, 1.82) is 0 Å². The highest BCUT2D eigenvalue weighted by Crippen LogP contribution is 2.29. The molecule has 2 aromatic rings. The molecule has 0 atom stereocenters. The summed E-state index contributed by atoms with van der Waals surface area (Å²) in [6, 6.07) is 1.72. The van der Waals surface area contributed by atoms with Crippen LogP contribution in [0.1, 0.15) is 16.1 Å². The van der Waals surface area contributed by atoms with Crippen LogP contribution in [0.25, 0.3) is 11.3 Å². The Balaban J connectivity index is 2.60. The van der Waals surface area contributed by atoms with Crippen LogP contribution in [0.5, 0.6) is 5.88 Å². The van der Waals surface area contributed by atoms with Gasteiger partial charge in [-0.2, -0.15) is 0 Å². The molecule has 0 saturated heterocycles. The lowest BCUT2D eigenvalue weighted by molar-refractivity contribution is 0.0602. The molecule has 0 unspecified atom stereocenters. The van der Waals surface area contributed by atoms with Crippen LogP contribution in [0.15, 0.2) is 18.6 Å². The lowest BCUT2D eigenvalue weighted by Gasteiger charge is -2.06. The van der Waals surface area contributed by atoms with Crippen molar-refractivity contribution in [3.63, 3.8) is 0 Å². The van der Waals surface area contributed by atoms with E-state index in [0.717, 1.165) is 5.69 Å². The molecule has 0 aliphatic rings. The van der Waals surface area contributed by atoms with Crippen molar-refractivity contribution >= 4 is 5.97 Å². The normalized spacial score (nSPS) is 10.2. The number of carbonyl (C=O) groups is 1. The van der Waals surface area contributed by atoms with Gasteiger partial charge in [-0.05, 0) is 13.0 Å². The number of H-pyrrole nitrogens is 1. The Hall–Kier alpha value is -2.37. The van der Waals surface area contributed by atoms with Crippen molar-refractivity contribution in [2.24, 2.45) is 0 Å². The fraction of sp³-hybridized carbons (Fsp3) is 0.250. The van der Waals surface area contributed by atoms with Crippen molar-refractivity contribution in [3.05, 3.63) is 29.8 Å². The van der Waals surface area contributed by atoms with E-state index in [9.17, 15) is 4.79 Å². The molecule has 6 heteroatoms. The maximum absolute atomic E-state index is 11.7. The SMILES string of the molecule is COC(=O)c1cc(C)[nH]c1-c1cncnc1OC. The first-order chi connectivity index (χ1) is 8.67. The molecule has 2 heterocycles.